The van der Waals surface area contributed by atoms with Gasteiger partial charge in [-0.2, -0.15) is 0 Å². The average molecular weight is 372 g/mol. The predicted molar refractivity (Wildman–Crippen MR) is 112 cm³/mol. The molecule has 0 unspecified atom stereocenters. The molecule has 0 saturated heterocycles. The van der Waals surface area contributed by atoms with Crippen LogP contribution in [0.15, 0.2) is 60.9 Å². The lowest BCUT2D eigenvalue weighted by atomic mass is 9.99. The molecule has 5 aromatic rings. The molecule has 0 saturated carbocycles. The molecule has 0 aliphatic rings. The molecule has 2 aromatic heterocycles. The summed E-state index contributed by atoms with van der Waals surface area (Å²) in [6, 6.07) is 17.6. The molecule has 0 amide bonds. The summed E-state index contributed by atoms with van der Waals surface area (Å²) in [4.78, 5) is 8.80. The number of halogens is 1. The molecular formula is C23H17FN2S. The Bertz CT molecular complexity index is 1320. The summed E-state index contributed by atoms with van der Waals surface area (Å²) < 4.78 is 16.2. The monoisotopic (exact) mass is 372 g/mol. The Morgan fingerprint density at radius 2 is 1.63 bits per heavy atom. The maximum Gasteiger partial charge on any atom is 0.125 e. The van der Waals surface area contributed by atoms with Crippen molar-refractivity contribution in [1.82, 2.24) is 9.97 Å². The molecule has 0 aliphatic heterocycles. The van der Waals surface area contributed by atoms with Crippen LogP contribution in [0.25, 0.3) is 42.3 Å². The van der Waals surface area contributed by atoms with Gasteiger partial charge in [0, 0.05) is 37.2 Å². The largest absolute Gasteiger partial charge is 0.236 e. The van der Waals surface area contributed by atoms with Gasteiger partial charge in [0.1, 0.15) is 12.1 Å². The lowest BCUT2D eigenvalue weighted by Crippen LogP contribution is -1.90. The summed E-state index contributed by atoms with van der Waals surface area (Å²) in [5.74, 6) is 0.182. The number of rotatable bonds is 2. The second kappa shape index (κ2) is 6.10. The van der Waals surface area contributed by atoms with E-state index in [2.05, 4.69) is 60.2 Å². The molecule has 0 bridgehead atoms. The summed E-state index contributed by atoms with van der Waals surface area (Å²) in [6.07, 6.45) is 1.52. The molecule has 3 aromatic carbocycles. The fourth-order valence-corrected chi connectivity index (χ4v) is 5.20. The van der Waals surface area contributed by atoms with Gasteiger partial charge in [-0.1, -0.05) is 50.2 Å². The highest BCUT2D eigenvalue weighted by Crippen LogP contribution is 2.43. The third kappa shape index (κ3) is 2.52. The Hall–Kier alpha value is -2.85. The van der Waals surface area contributed by atoms with E-state index in [9.17, 15) is 4.39 Å². The summed E-state index contributed by atoms with van der Waals surface area (Å²) >= 11 is 1.82. The van der Waals surface area contributed by atoms with Gasteiger partial charge in [0.25, 0.3) is 0 Å². The first-order chi connectivity index (χ1) is 13.1. The minimum atomic E-state index is -0.284. The molecular weight excluding hydrogens is 355 g/mol. The van der Waals surface area contributed by atoms with E-state index in [1.165, 1.54) is 44.2 Å². The van der Waals surface area contributed by atoms with Crippen molar-refractivity contribution in [2.45, 2.75) is 19.8 Å². The van der Waals surface area contributed by atoms with Crippen molar-refractivity contribution in [1.29, 1.82) is 0 Å². The number of benzene rings is 3. The van der Waals surface area contributed by atoms with Crippen molar-refractivity contribution in [3.05, 3.63) is 72.3 Å². The van der Waals surface area contributed by atoms with Gasteiger partial charge in [-0.15, -0.1) is 11.3 Å². The van der Waals surface area contributed by atoms with Gasteiger partial charge in [-0.3, -0.25) is 0 Å². The molecule has 0 atom stereocenters. The summed E-state index contributed by atoms with van der Waals surface area (Å²) in [6.45, 7) is 4.46. The van der Waals surface area contributed by atoms with Crippen LogP contribution in [0.5, 0.6) is 0 Å². The van der Waals surface area contributed by atoms with Crippen molar-refractivity contribution in [2.24, 2.45) is 0 Å². The Morgan fingerprint density at radius 3 is 2.44 bits per heavy atom. The summed E-state index contributed by atoms with van der Waals surface area (Å²) in [7, 11) is 0. The number of thiophene rings is 1. The maximum atomic E-state index is 13.6. The van der Waals surface area contributed by atoms with Gasteiger partial charge < -0.3 is 0 Å². The van der Waals surface area contributed by atoms with Crippen LogP contribution in [-0.2, 0) is 0 Å². The number of aromatic nitrogens is 2. The van der Waals surface area contributed by atoms with E-state index in [1.807, 2.05) is 11.3 Å². The van der Waals surface area contributed by atoms with Crippen LogP contribution in [0.1, 0.15) is 25.3 Å². The van der Waals surface area contributed by atoms with E-state index in [-0.39, 0.29) is 5.82 Å². The lowest BCUT2D eigenvalue weighted by molar-refractivity contribution is 0.629. The highest BCUT2D eigenvalue weighted by atomic mass is 32.1. The molecule has 0 radical (unpaired) electrons. The fourth-order valence-electron chi connectivity index (χ4n) is 3.73. The van der Waals surface area contributed by atoms with Gasteiger partial charge >= 0.3 is 0 Å². The first-order valence-corrected chi connectivity index (χ1v) is 9.80. The van der Waals surface area contributed by atoms with Crippen LogP contribution in [0.3, 0.4) is 0 Å². The van der Waals surface area contributed by atoms with Gasteiger partial charge in [0.2, 0.25) is 0 Å². The fraction of sp³-hybridized carbons (Fsp3) is 0.130. The van der Waals surface area contributed by atoms with E-state index in [4.69, 9.17) is 0 Å². The molecule has 0 aliphatic carbocycles. The minimum Gasteiger partial charge on any atom is -0.236 e. The molecule has 0 spiro atoms. The first kappa shape index (κ1) is 16.3. The Balaban J connectivity index is 1.88. The average Bonchev–Trinajstić information content (AvgIpc) is 3.06. The van der Waals surface area contributed by atoms with E-state index in [0.717, 1.165) is 16.6 Å². The predicted octanol–water partition coefficient (Wildman–Crippen LogP) is 6.93. The topological polar surface area (TPSA) is 25.8 Å². The Labute approximate surface area is 160 Å². The second-order valence-electron chi connectivity index (χ2n) is 7.05. The van der Waals surface area contributed by atoms with Crippen LogP contribution >= 0.6 is 11.3 Å². The van der Waals surface area contributed by atoms with Crippen molar-refractivity contribution in [2.75, 3.05) is 0 Å². The van der Waals surface area contributed by atoms with Crippen LogP contribution < -0.4 is 0 Å². The Kier molecular flexibility index (Phi) is 3.69. The normalized spacial score (nSPS) is 11.9. The third-order valence-corrected chi connectivity index (χ3v) is 6.33. The van der Waals surface area contributed by atoms with E-state index >= 15 is 0 Å². The number of hydrogen-bond acceptors (Lipinski definition) is 3. The highest BCUT2D eigenvalue weighted by Gasteiger charge is 2.16. The standard InChI is InChI=1S/C23H17FN2S/c1-13(2)15-5-3-6-16-17-7-4-8-19(23(17)27-22(15)16)21-18-10-9-14(24)11-20(18)25-12-26-21/h3-13H,1-2H3. The molecule has 27 heavy (non-hydrogen) atoms. The van der Waals surface area contributed by atoms with Crippen molar-refractivity contribution >= 4 is 42.4 Å². The molecule has 0 N–H and O–H groups in total. The first-order valence-electron chi connectivity index (χ1n) is 8.98. The van der Waals surface area contributed by atoms with Crippen molar-refractivity contribution in [3.8, 4) is 11.3 Å². The van der Waals surface area contributed by atoms with Crippen LogP contribution in [0, 0.1) is 5.82 Å². The van der Waals surface area contributed by atoms with Crippen molar-refractivity contribution < 1.29 is 4.39 Å². The van der Waals surface area contributed by atoms with Crippen LogP contribution in [-0.4, -0.2) is 9.97 Å². The third-order valence-electron chi connectivity index (χ3n) is 5.03. The number of nitrogens with zero attached hydrogens (tertiary/aromatic N) is 2. The Morgan fingerprint density at radius 1 is 0.852 bits per heavy atom. The van der Waals surface area contributed by atoms with E-state index in [0.29, 0.717) is 11.4 Å². The summed E-state index contributed by atoms with van der Waals surface area (Å²) in [5, 5.41) is 3.39. The lowest BCUT2D eigenvalue weighted by Gasteiger charge is -2.06. The van der Waals surface area contributed by atoms with Gasteiger partial charge in [-0.05, 0) is 23.6 Å². The van der Waals surface area contributed by atoms with E-state index in [1.54, 1.807) is 6.07 Å². The molecule has 5 rings (SSSR count). The van der Waals surface area contributed by atoms with Gasteiger partial charge in [-0.25, -0.2) is 14.4 Å². The quantitative estimate of drug-likeness (QED) is 0.336. The molecule has 132 valence electrons. The van der Waals surface area contributed by atoms with Gasteiger partial charge in [0.05, 0.1) is 11.2 Å². The number of hydrogen-bond donors (Lipinski definition) is 0. The zero-order valence-electron chi connectivity index (χ0n) is 15.0. The SMILES string of the molecule is CC(C)c1cccc2c1sc1c(-c3ncnc4cc(F)ccc34)cccc12. The summed E-state index contributed by atoms with van der Waals surface area (Å²) in [5.41, 5.74) is 3.92. The van der Waals surface area contributed by atoms with Crippen LogP contribution in [0.4, 0.5) is 4.39 Å². The highest BCUT2D eigenvalue weighted by molar-refractivity contribution is 7.26. The zero-order valence-corrected chi connectivity index (χ0v) is 15.8. The zero-order chi connectivity index (χ0) is 18.5. The van der Waals surface area contributed by atoms with Gasteiger partial charge in [0.15, 0.2) is 0 Å². The molecule has 2 nitrogen and oxygen atoms in total. The van der Waals surface area contributed by atoms with Crippen LogP contribution in [0.2, 0.25) is 0 Å². The molecule has 2 heterocycles. The maximum absolute atomic E-state index is 13.6. The second-order valence-corrected chi connectivity index (χ2v) is 8.07. The smallest absolute Gasteiger partial charge is 0.125 e. The number of fused-ring (bicyclic) bond motifs is 4. The van der Waals surface area contributed by atoms with Crippen molar-refractivity contribution in [3.63, 3.8) is 0 Å². The molecule has 4 heteroatoms. The minimum absolute atomic E-state index is 0.284. The molecule has 0 fully saturated rings. The van der Waals surface area contributed by atoms with E-state index < -0.39 is 0 Å².